The molecule has 0 spiro atoms. The topological polar surface area (TPSA) is 96.6 Å². The van der Waals surface area contributed by atoms with Crippen molar-refractivity contribution in [3.8, 4) is 11.1 Å². The molecule has 0 radical (unpaired) electrons. The summed E-state index contributed by atoms with van der Waals surface area (Å²) in [5.41, 5.74) is 3.68. The predicted octanol–water partition coefficient (Wildman–Crippen LogP) is 3.57. The smallest absolute Gasteiger partial charge is 0.274 e. The van der Waals surface area contributed by atoms with E-state index in [0.717, 1.165) is 18.4 Å². The standard InChI is InChI=1S/C29H30F2N4O4/c1-29(2)11-15-7-24-28(39)35(5-4-34(24)25(15)12-29)23-9-17(30)8-18(20(23)14-36)16-6-22(27(38)33(3)13-16)32-26(37)19-10-21(19)31/h6-9,13,19,21,36H,4-5,10-12,14H2,1-3H3,(H,32,37)/t19-,21+/m1/s1. The van der Waals surface area contributed by atoms with Gasteiger partial charge in [-0.15, -0.1) is 0 Å². The van der Waals surface area contributed by atoms with E-state index in [9.17, 15) is 23.9 Å². The summed E-state index contributed by atoms with van der Waals surface area (Å²) in [4.78, 5) is 40.1. The molecule has 1 fully saturated rings. The average Bonchev–Trinajstić information content (AvgIpc) is 3.41. The second-order valence-electron chi connectivity index (χ2n) is 11.6. The number of carbonyl (C=O) groups is 2. The molecule has 2 N–H and O–H groups in total. The number of halogens is 2. The molecule has 3 heterocycles. The van der Waals surface area contributed by atoms with E-state index in [2.05, 4.69) is 23.7 Å². The lowest BCUT2D eigenvalue weighted by molar-refractivity contribution is -0.117. The third-order valence-electron chi connectivity index (χ3n) is 8.07. The fraction of sp³-hybridized carbons (Fsp3) is 0.414. The van der Waals surface area contributed by atoms with Crippen LogP contribution in [0.15, 0.2) is 35.3 Å². The van der Waals surface area contributed by atoms with Gasteiger partial charge in [-0.25, -0.2) is 8.78 Å². The fourth-order valence-electron chi connectivity index (χ4n) is 6.04. The highest BCUT2D eigenvalue weighted by Gasteiger charge is 2.44. The number of hydrogen-bond acceptors (Lipinski definition) is 4. The highest BCUT2D eigenvalue weighted by atomic mass is 19.1. The molecule has 2 aromatic heterocycles. The molecule has 3 aromatic rings. The lowest BCUT2D eigenvalue weighted by Gasteiger charge is -2.32. The quantitative estimate of drug-likeness (QED) is 0.521. The van der Waals surface area contributed by atoms with Gasteiger partial charge in [-0.2, -0.15) is 0 Å². The third-order valence-corrected chi connectivity index (χ3v) is 8.07. The Hall–Kier alpha value is -3.79. The first-order chi connectivity index (χ1) is 18.5. The van der Waals surface area contributed by atoms with Gasteiger partial charge in [-0.1, -0.05) is 13.8 Å². The van der Waals surface area contributed by atoms with Crippen LogP contribution in [0.5, 0.6) is 0 Å². The van der Waals surface area contributed by atoms with Gasteiger partial charge >= 0.3 is 0 Å². The summed E-state index contributed by atoms with van der Waals surface area (Å²) in [6, 6.07) is 5.79. The number of anilines is 2. The van der Waals surface area contributed by atoms with Crippen LogP contribution in [0.2, 0.25) is 0 Å². The van der Waals surface area contributed by atoms with E-state index in [4.69, 9.17) is 0 Å². The molecule has 39 heavy (non-hydrogen) atoms. The number of hydrogen-bond donors (Lipinski definition) is 2. The molecule has 1 saturated carbocycles. The first-order valence-corrected chi connectivity index (χ1v) is 13.1. The second kappa shape index (κ2) is 8.87. The molecular formula is C29H30F2N4O4. The number of aliphatic hydroxyl groups is 1. The van der Waals surface area contributed by atoms with Crippen molar-refractivity contribution in [2.45, 2.75) is 52.4 Å². The maximum absolute atomic E-state index is 15.1. The number of amides is 2. The van der Waals surface area contributed by atoms with Crippen LogP contribution >= 0.6 is 0 Å². The number of nitrogens with one attached hydrogen (secondary N) is 1. The Kier molecular flexibility index (Phi) is 5.80. The number of aromatic nitrogens is 2. The van der Waals surface area contributed by atoms with Crippen LogP contribution in [0.25, 0.3) is 11.1 Å². The Labute approximate surface area is 223 Å². The lowest BCUT2D eigenvalue weighted by atomic mass is 9.90. The molecule has 0 saturated heterocycles. The van der Waals surface area contributed by atoms with E-state index >= 15 is 4.39 Å². The van der Waals surface area contributed by atoms with E-state index < -0.39 is 36.0 Å². The van der Waals surface area contributed by atoms with Crippen molar-refractivity contribution in [2.75, 3.05) is 16.8 Å². The molecule has 1 aliphatic heterocycles. The van der Waals surface area contributed by atoms with Gasteiger partial charge < -0.3 is 24.5 Å². The Balaban J connectivity index is 1.39. The number of alkyl halides is 1. The van der Waals surface area contributed by atoms with E-state index in [0.29, 0.717) is 29.9 Å². The number of pyridine rings is 1. The van der Waals surface area contributed by atoms with Gasteiger partial charge in [-0.3, -0.25) is 14.4 Å². The molecule has 6 rings (SSSR count). The van der Waals surface area contributed by atoms with Gasteiger partial charge in [0.1, 0.15) is 23.4 Å². The summed E-state index contributed by atoms with van der Waals surface area (Å²) in [7, 11) is 1.48. The van der Waals surface area contributed by atoms with Crippen LogP contribution < -0.4 is 15.8 Å². The summed E-state index contributed by atoms with van der Waals surface area (Å²) >= 11 is 0. The summed E-state index contributed by atoms with van der Waals surface area (Å²) in [6.45, 7) is 4.79. The van der Waals surface area contributed by atoms with Crippen LogP contribution in [0.3, 0.4) is 0 Å². The first-order valence-electron chi connectivity index (χ1n) is 13.1. The lowest BCUT2D eigenvalue weighted by Crippen LogP contribution is -2.41. The zero-order chi connectivity index (χ0) is 27.8. The number of benzene rings is 1. The molecule has 2 aliphatic carbocycles. The van der Waals surface area contributed by atoms with Gasteiger partial charge in [0.25, 0.3) is 11.5 Å². The zero-order valence-corrected chi connectivity index (χ0v) is 22.1. The Morgan fingerprint density at radius 1 is 1.15 bits per heavy atom. The summed E-state index contributed by atoms with van der Waals surface area (Å²) in [5.74, 6) is -2.26. The molecule has 204 valence electrons. The summed E-state index contributed by atoms with van der Waals surface area (Å²) < 4.78 is 31.7. The molecular weight excluding hydrogens is 506 g/mol. The van der Waals surface area contributed by atoms with Crippen molar-refractivity contribution in [1.82, 2.24) is 9.13 Å². The highest BCUT2D eigenvalue weighted by Crippen LogP contribution is 2.41. The van der Waals surface area contributed by atoms with Crippen molar-refractivity contribution in [3.63, 3.8) is 0 Å². The summed E-state index contributed by atoms with van der Waals surface area (Å²) in [5, 5.41) is 12.9. The van der Waals surface area contributed by atoms with Crippen molar-refractivity contribution in [3.05, 3.63) is 69.1 Å². The molecule has 0 unspecified atom stereocenters. The van der Waals surface area contributed by atoms with Gasteiger partial charge in [0.05, 0.1) is 18.2 Å². The normalized spacial score (nSPS) is 21.1. The minimum atomic E-state index is -1.22. The molecule has 3 aliphatic rings. The number of aryl methyl sites for hydroxylation is 1. The van der Waals surface area contributed by atoms with Gasteiger partial charge in [-0.05, 0) is 60.1 Å². The number of rotatable bonds is 5. The number of aliphatic hydroxyl groups excluding tert-OH is 1. The molecule has 8 nitrogen and oxygen atoms in total. The van der Waals surface area contributed by atoms with Crippen LogP contribution in [0.1, 0.15) is 47.6 Å². The monoisotopic (exact) mass is 536 g/mol. The number of carbonyl (C=O) groups excluding carboxylic acids is 2. The highest BCUT2D eigenvalue weighted by molar-refractivity contribution is 6.07. The van der Waals surface area contributed by atoms with Gasteiger partial charge in [0.15, 0.2) is 0 Å². The van der Waals surface area contributed by atoms with Crippen LogP contribution in [0, 0.1) is 17.2 Å². The Bertz CT molecular complexity index is 1610. The molecule has 2 amide bonds. The molecule has 1 aromatic carbocycles. The summed E-state index contributed by atoms with van der Waals surface area (Å²) in [6.07, 6.45) is 2.14. The van der Waals surface area contributed by atoms with E-state index in [1.165, 1.54) is 46.6 Å². The SMILES string of the molecule is Cn1cc(-c2cc(F)cc(N3CCn4c(cc5c4CC(C)(C)C5)C3=O)c2CO)cc(NC(=O)[C@@H]2C[C@@H]2F)c1=O. The van der Waals surface area contributed by atoms with E-state index in [-0.39, 0.29) is 34.7 Å². The zero-order valence-electron chi connectivity index (χ0n) is 22.1. The average molecular weight is 537 g/mol. The number of nitrogens with zero attached hydrogens (tertiary/aromatic N) is 3. The third kappa shape index (κ3) is 4.27. The van der Waals surface area contributed by atoms with Crippen LogP contribution in [-0.2, 0) is 37.8 Å². The number of fused-ring (bicyclic) bond motifs is 3. The first kappa shape index (κ1) is 25.5. The minimum absolute atomic E-state index is 0.0712. The molecule has 2 atom stereocenters. The van der Waals surface area contributed by atoms with E-state index in [1.807, 2.05) is 6.07 Å². The van der Waals surface area contributed by atoms with Gasteiger partial charge in [0, 0.05) is 43.2 Å². The Morgan fingerprint density at radius 3 is 2.59 bits per heavy atom. The second-order valence-corrected chi connectivity index (χ2v) is 11.6. The van der Waals surface area contributed by atoms with E-state index in [1.54, 1.807) is 0 Å². The molecule has 10 heteroatoms. The Morgan fingerprint density at radius 2 is 1.90 bits per heavy atom. The van der Waals surface area contributed by atoms with Crippen molar-refractivity contribution < 1.29 is 23.5 Å². The molecule has 0 bridgehead atoms. The van der Waals surface area contributed by atoms with Crippen molar-refractivity contribution in [1.29, 1.82) is 0 Å². The minimum Gasteiger partial charge on any atom is -0.392 e. The van der Waals surface area contributed by atoms with Crippen LogP contribution in [0.4, 0.5) is 20.2 Å². The van der Waals surface area contributed by atoms with Crippen LogP contribution in [-0.4, -0.2) is 38.8 Å². The van der Waals surface area contributed by atoms with Crippen molar-refractivity contribution in [2.24, 2.45) is 18.4 Å². The maximum Gasteiger partial charge on any atom is 0.274 e. The van der Waals surface area contributed by atoms with Crippen molar-refractivity contribution >= 4 is 23.2 Å². The predicted molar refractivity (Wildman–Crippen MR) is 142 cm³/mol. The fourth-order valence-corrected chi connectivity index (χ4v) is 6.04. The largest absolute Gasteiger partial charge is 0.392 e. The van der Waals surface area contributed by atoms with Gasteiger partial charge in [0.2, 0.25) is 5.91 Å². The maximum atomic E-state index is 15.1.